The standard InChI is InChI=1S/C18H10Cl3NO5/c19-13-6-4-10(8-15(13)22(24)25)18(23)26-9-11-5-7-16(27-11)12-2-1-3-14(20)17(12)21/h1-8H,9H2. The molecule has 0 aliphatic rings. The highest BCUT2D eigenvalue weighted by Gasteiger charge is 2.18. The summed E-state index contributed by atoms with van der Waals surface area (Å²) >= 11 is 17.9. The average Bonchev–Trinajstić information content (AvgIpc) is 3.11. The predicted molar refractivity (Wildman–Crippen MR) is 101 cm³/mol. The van der Waals surface area contributed by atoms with Gasteiger partial charge in [-0.25, -0.2) is 4.79 Å². The van der Waals surface area contributed by atoms with Crippen LogP contribution in [-0.4, -0.2) is 10.9 Å². The maximum atomic E-state index is 12.1. The molecule has 1 aromatic heterocycles. The molecule has 0 fully saturated rings. The van der Waals surface area contributed by atoms with Crippen LogP contribution in [0.5, 0.6) is 0 Å². The van der Waals surface area contributed by atoms with Gasteiger partial charge in [-0.15, -0.1) is 0 Å². The number of carbonyl (C=O) groups excluding carboxylic acids is 1. The number of esters is 1. The van der Waals surface area contributed by atoms with Crippen molar-refractivity contribution < 1.29 is 18.9 Å². The zero-order valence-corrected chi connectivity index (χ0v) is 15.7. The van der Waals surface area contributed by atoms with Crippen molar-refractivity contribution in [3.8, 4) is 11.3 Å². The molecule has 138 valence electrons. The zero-order valence-electron chi connectivity index (χ0n) is 13.4. The molecule has 3 rings (SSSR count). The quantitative estimate of drug-likeness (QED) is 0.277. The van der Waals surface area contributed by atoms with E-state index in [0.717, 1.165) is 6.07 Å². The maximum absolute atomic E-state index is 12.1. The molecule has 0 saturated heterocycles. The van der Waals surface area contributed by atoms with Crippen molar-refractivity contribution in [3.05, 3.63) is 85.0 Å². The Kier molecular flexibility index (Phi) is 5.70. The summed E-state index contributed by atoms with van der Waals surface area (Å²) in [6, 6.07) is 12.1. The third-order valence-corrected chi connectivity index (χ3v) is 4.74. The summed E-state index contributed by atoms with van der Waals surface area (Å²) in [5.74, 6) is 0.0991. The summed E-state index contributed by atoms with van der Waals surface area (Å²) < 4.78 is 10.8. The van der Waals surface area contributed by atoms with Gasteiger partial charge in [0.25, 0.3) is 5.69 Å². The number of nitro benzene ring substituents is 1. The van der Waals surface area contributed by atoms with E-state index in [9.17, 15) is 14.9 Å². The Bertz CT molecular complexity index is 1030. The highest BCUT2D eigenvalue weighted by atomic mass is 35.5. The number of ether oxygens (including phenoxy) is 1. The third kappa shape index (κ3) is 4.24. The number of hydrogen-bond acceptors (Lipinski definition) is 5. The monoisotopic (exact) mass is 425 g/mol. The fourth-order valence-electron chi connectivity index (χ4n) is 2.29. The second kappa shape index (κ2) is 8.00. The fraction of sp³-hybridized carbons (Fsp3) is 0.0556. The van der Waals surface area contributed by atoms with E-state index < -0.39 is 10.9 Å². The van der Waals surface area contributed by atoms with Crippen molar-refractivity contribution in [1.29, 1.82) is 0 Å². The molecule has 0 atom stereocenters. The maximum Gasteiger partial charge on any atom is 0.338 e. The van der Waals surface area contributed by atoms with Crippen molar-refractivity contribution >= 4 is 46.5 Å². The lowest BCUT2D eigenvalue weighted by molar-refractivity contribution is -0.384. The molecular formula is C18H10Cl3NO5. The largest absolute Gasteiger partial charge is 0.457 e. The van der Waals surface area contributed by atoms with Gasteiger partial charge in [0.15, 0.2) is 0 Å². The lowest BCUT2D eigenvalue weighted by Gasteiger charge is -2.04. The third-order valence-electron chi connectivity index (χ3n) is 3.60. The Labute approximate surface area is 168 Å². The number of benzene rings is 2. The molecule has 0 N–H and O–H groups in total. The van der Waals surface area contributed by atoms with Crippen molar-refractivity contribution in [2.45, 2.75) is 6.61 Å². The van der Waals surface area contributed by atoms with E-state index in [1.807, 2.05) is 0 Å². The summed E-state index contributed by atoms with van der Waals surface area (Å²) in [6.45, 7) is -0.159. The van der Waals surface area contributed by atoms with Crippen LogP contribution in [0.25, 0.3) is 11.3 Å². The smallest absolute Gasteiger partial charge is 0.338 e. The molecule has 0 radical (unpaired) electrons. The molecule has 2 aromatic carbocycles. The molecule has 0 saturated carbocycles. The lowest BCUT2D eigenvalue weighted by atomic mass is 10.2. The fourth-order valence-corrected chi connectivity index (χ4v) is 2.87. The molecule has 0 unspecified atom stereocenters. The van der Waals surface area contributed by atoms with Crippen LogP contribution in [0.4, 0.5) is 5.69 Å². The Balaban J connectivity index is 1.72. The first-order valence-electron chi connectivity index (χ1n) is 7.51. The van der Waals surface area contributed by atoms with Gasteiger partial charge in [0.05, 0.1) is 20.5 Å². The number of furan rings is 1. The lowest BCUT2D eigenvalue weighted by Crippen LogP contribution is -2.05. The minimum absolute atomic E-state index is 0.00997. The number of carbonyl (C=O) groups is 1. The Morgan fingerprint density at radius 3 is 2.59 bits per heavy atom. The predicted octanol–water partition coefficient (Wildman–Crippen LogP) is 6.17. The van der Waals surface area contributed by atoms with Crippen molar-refractivity contribution in [3.63, 3.8) is 0 Å². The molecule has 0 spiro atoms. The van der Waals surface area contributed by atoms with E-state index in [1.165, 1.54) is 12.1 Å². The van der Waals surface area contributed by atoms with Gasteiger partial charge in [-0.3, -0.25) is 10.1 Å². The van der Waals surface area contributed by atoms with Crippen molar-refractivity contribution in [2.24, 2.45) is 0 Å². The van der Waals surface area contributed by atoms with Crippen LogP contribution < -0.4 is 0 Å². The second-order valence-corrected chi connectivity index (χ2v) is 6.56. The normalized spacial score (nSPS) is 10.6. The molecule has 0 bridgehead atoms. The number of hydrogen-bond donors (Lipinski definition) is 0. The van der Waals surface area contributed by atoms with Crippen molar-refractivity contribution in [1.82, 2.24) is 0 Å². The van der Waals surface area contributed by atoms with Gasteiger partial charge >= 0.3 is 5.97 Å². The molecule has 6 nitrogen and oxygen atoms in total. The van der Waals surface area contributed by atoms with Crippen molar-refractivity contribution in [2.75, 3.05) is 0 Å². The number of nitro groups is 1. The minimum Gasteiger partial charge on any atom is -0.457 e. The number of nitrogens with zero attached hydrogens (tertiary/aromatic N) is 1. The van der Waals surface area contributed by atoms with E-state index in [4.69, 9.17) is 44.0 Å². The van der Waals surface area contributed by atoms with E-state index >= 15 is 0 Å². The highest BCUT2D eigenvalue weighted by molar-refractivity contribution is 6.43. The molecule has 9 heteroatoms. The van der Waals surface area contributed by atoms with Gasteiger partial charge in [0.1, 0.15) is 23.2 Å². The van der Waals surface area contributed by atoms with Crippen LogP contribution in [-0.2, 0) is 11.3 Å². The summed E-state index contributed by atoms with van der Waals surface area (Å²) in [6.07, 6.45) is 0. The van der Waals surface area contributed by atoms with Crippen LogP contribution in [0.15, 0.2) is 52.9 Å². The van der Waals surface area contributed by atoms with Crippen LogP contribution in [0, 0.1) is 10.1 Å². The van der Waals surface area contributed by atoms with Gasteiger partial charge < -0.3 is 9.15 Å². The zero-order chi connectivity index (χ0) is 19.6. The first-order chi connectivity index (χ1) is 12.9. The Morgan fingerprint density at radius 1 is 1.07 bits per heavy atom. The highest BCUT2D eigenvalue weighted by Crippen LogP contribution is 2.34. The molecule has 0 amide bonds. The summed E-state index contributed by atoms with van der Waals surface area (Å²) in [4.78, 5) is 22.3. The van der Waals surface area contributed by atoms with Gasteiger partial charge in [-0.1, -0.05) is 40.9 Å². The average molecular weight is 427 g/mol. The van der Waals surface area contributed by atoms with E-state index in [1.54, 1.807) is 30.3 Å². The minimum atomic E-state index is -0.742. The van der Waals surface area contributed by atoms with E-state index in [2.05, 4.69) is 0 Å². The Hall–Kier alpha value is -2.54. The van der Waals surface area contributed by atoms with Crippen LogP contribution in [0.1, 0.15) is 16.1 Å². The van der Waals surface area contributed by atoms with Crippen LogP contribution in [0.2, 0.25) is 15.1 Å². The van der Waals surface area contributed by atoms with E-state index in [-0.39, 0.29) is 22.9 Å². The van der Waals surface area contributed by atoms with Gasteiger partial charge in [0.2, 0.25) is 0 Å². The molecule has 1 heterocycles. The molecule has 27 heavy (non-hydrogen) atoms. The first-order valence-corrected chi connectivity index (χ1v) is 8.64. The number of rotatable bonds is 5. The molecule has 0 aliphatic heterocycles. The van der Waals surface area contributed by atoms with Crippen LogP contribution in [0.3, 0.4) is 0 Å². The molecular weight excluding hydrogens is 417 g/mol. The molecule has 0 aliphatic carbocycles. The first kappa shape index (κ1) is 19.2. The van der Waals surface area contributed by atoms with Gasteiger partial charge in [-0.05, 0) is 36.4 Å². The van der Waals surface area contributed by atoms with Gasteiger partial charge in [0, 0.05) is 11.6 Å². The molecule has 3 aromatic rings. The summed E-state index contributed by atoms with van der Waals surface area (Å²) in [5.41, 5.74) is 0.243. The topological polar surface area (TPSA) is 82.6 Å². The second-order valence-electron chi connectivity index (χ2n) is 5.37. The Morgan fingerprint density at radius 2 is 1.85 bits per heavy atom. The van der Waals surface area contributed by atoms with Crippen LogP contribution >= 0.6 is 34.8 Å². The SMILES string of the molecule is O=C(OCc1ccc(-c2cccc(Cl)c2Cl)o1)c1ccc(Cl)c([N+](=O)[O-])c1. The summed E-state index contributed by atoms with van der Waals surface area (Å²) in [7, 11) is 0. The van der Waals surface area contributed by atoms with E-state index in [0.29, 0.717) is 27.1 Å². The van der Waals surface area contributed by atoms with Gasteiger partial charge in [-0.2, -0.15) is 0 Å². The number of halogens is 3. The summed E-state index contributed by atoms with van der Waals surface area (Å²) in [5, 5.41) is 11.6.